The van der Waals surface area contributed by atoms with Gasteiger partial charge in [0.05, 0.1) is 18.8 Å². The highest BCUT2D eigenvalue weighted by Crippen LogP contribution is 2.13. The van der Waals surface area contributed by atoms with E-state index in [-0.39, 0.29) is 5.91 Å². The predicted molar refractivity (Wildman–Crippen MR) is 113 cm³/mol. The lowest BCUT2D eigenvalue weighted by Crippen LogP contribution is -2.45. The number of carbonyl (C=O) groups is 1. The van der Waals surface area contributed by atoms with Crippen LogP contribution in [0.4, 0.5) is 0 Å². The van der Waals surface area contributed by atoms with Crippen molar-refractivity contribution in [2.45, 2.75) is 26.6 Å². The SMILES string of the molecule is Cc1cc(CN(C)C(=O)c2coc(CN3CCN(Cc4ccccc4)CC3)n2)n[nH]1. The molecular weight excluding hydrogens is 380 g/mol. The maximum atomic E-state index is 12.6. The highest BCUT2D eigenvalue weighted by atomic mass is 16.3. The van der Waals surface area contributed by atoms with Crippen LogP contribution in [0.15, 0.2) is 47.1 Å². The second-order valence-electron chi connectivity index (χ2n) is 7.87. The normalized spacial score (nSPS) is 15.4. The Morgan fingerprint density at radius 3 is 2.50 bits per heavy atom. The zero-order valence-electron chi connectivity index (χ0n) is 17.5. The van der Waals surface area contributed by atoms with E-state index in [2.05, 4.69) is 49.2 Å². The number of amides is 1. The number of hydrogen-bond donors (Lipinski definition) is 1. The number of benzene rings is 1. The van der Waals surface area contributed by atoms with Gasteiger partial charge in [0.15, 0.2) is 5.69 Å². The molecule has 1 aliphatic rings. The zero-order valence-corrected chi connectivity index (χ0v) is 17.5. The molecule has 8 nitrogen and oxygen atoms in total. The number of nitrogens with zero attached hydrogens (tertiary/aromatic N) is 5. The second-order valence-corrected chi connectivity index (χ2v) is 7.87. The number of hydrogen-bond acceptors (Lipinski definition) is 6. The Morgan fingerprint density at radius 1 is 1.13 bits per heavy atom. The number of rotatable bonds is 7. The standard InChI is InChI=1S/C22H28N6O2/c1-17-12-19(25-24-17)14-26(2)22(29)20-16-30-21(23-20)15-28-10-8-27(9-11-28)13-18-6-4-3-5-7-18/h3-7,12,16H,8-11,13-15H2,1-2H3,(H,24,25). The van der Waals surface area contributed by atoms with Crippen LogP contribution < -0.4 is 0 Å². The molecule has 1 amide bonds. The van der Waals surface area contributed by atoms with Crippen molar-refractivity contribution in [2.75, 3.05) is 33.2 Å². The summed E-state index contributed by atoms with van der Waals surface area (Å²) in [6, 6.07) is 12.5. The summed E-state index contributed by atoms with van der Waals surface area (Å²) in [5.74, 6) is 0.414. The first-order valence-electron chi connectivity index (χ1n) is 10.3. The van der Waals surface area contributed by atoms with E-state index in [1.54, 1.807) is 11.9 Å². The van der Waals surface area contributed by atoms with Crippen LogP contribution in [-0.2, 0) is 19.6 Å². The third-order valence-electron chi connectivity index (χ3n) is 5.35. The molecule has 4 rings (SSSR count). The van der Waals surface area contributed by atoms with Gasteiger partial charge in [-0.2, -0.15) is 5.10 Å². The van der Waals surface area contributed by atoms with Gasteiger partial charge in [0.2, 0.25) is 5.89 Å². The summed E-state index contributed by atoms with van der Waals surface area (Å²) in [6.45, 7) is 7.88. The minimum Gasteiger partial charge on any atom is -0.447 e. The van der Waals surface area contributed by atoms with Gasteiger partial charge < -0.3 is 9.32 Å². The number of aryl methyl sites for hydroxylation is 1. The smallest absolute Gasteiger partial charge is 0.275 e. The molecule has 2 aromatic heterocycles. The van der Waals surface area contributed by atoms with Crippen LogP contribution in [0.1, 0.15) is 33.3 Å². The predicted octanol–water partition coefficient (Wildman–Crippen LogP) is 2.30. The molecule has 0 saturated carbocycles. The van der Waals surface area contributed by atoms with Gasteiger partial charge in [-0.3, -0.25) is 19.7 Å². The van der Waals surface area contributed by atoms with Crippen molar-refractivity contribution in [3.63, 3.8) is 0 Å². The van der Waals surface area contributed by atoms with Crippen LogP contribution in [0.2, 0.25) is 0 Å². The van der Waals surface area contributed by atoms with E-state index in [0.717, 1.165) is 44.1 Å². The maximum absolute atomic E-state index is 12.6. The third-order valence-corrected chi connectivity index (χ3v) is 5.35. The van der Waals surface area contributed by atoms with E-state index < -0.39 is 0 Å². The number of piperazine rings is 1. The molecular formula is C22H28N6O2. The fourth-order valence-electron chi connectivity index (χ4n) is 3.69. The first kappa shape index (κ1) is 20.3. The van der Waals surface area contributed by atoms with E-state index in [4.69, 9.17) is 4.42 Å². The fourth-order valence-corrected chi connectivity index (χ4v) is 3.69. The summed E-state index contributed by atoms with van der Waals surface area (Å²) in [5.41, 5.74) is 3.47. The Bertz CT molecular complexity index is 959. The molecule has 158 valence electrons. The first-order valence-corrected chi connectivity index (χ1v) is 10.3. The summed E-state index contributed by atoms with van der Waals surface area (Å²) in [7, 11) is 1.74. The number of H-pyrrole nitrogens is 1. The summed E-state index contributed by atoms with van der Waals surface area (Å²) < 4.78 is 5.58. The fraction of sp³-hybridized carbons (Fsp3) is 0.409. The summed E-state index contributed by atoms with van der Waals surface area (Å²) >= 11 is 0. The highest BCUT2D eigenvalue weighted by Gasteiger charge is 2.21. The second kappa shape index (κ2) is 9.23. The molecule has 0 atom stereocenters. The third kappa shape index (κ3) is 5.14. The molecule has 3 heterocycles. The number of carbonyl (C=O) groups excluding carboxylic acids is 1. The van der Waals surface area contributed by atoms with Crippen molar-refractivity contribution in [1.29, 1.82) is 0 Å². The molecule has 0 radical (unpaired) electrons. The van der Waals surface area contributed by atoms with Crippen molar-refractivity contribution in [3.05, 3.63) is 71.2 Å². The van der Waals surface area contributed by atoms with Gasteiger partial charge in [0.25, 0.3) is 5.91 Å². The molecule has 1 fully saturated rings. The average Bonchev–Trinajstić information content (AvgIpc) is 3.38. The van der Waals surface area contributed by atoms with Gasteiger partial charge in [-0.25, -0.2) is 4.98 Å². The quantitative estimate of drug-likeness (QED) is 0.646. The Kier molecular flexibility index (Phi) is 6.25. The van der Waals surface area contributed by atoms with Crippen LogP contribution in [0.3, 0.4) is 0 Å². The minimum atomic E-state index is -0.168. The van der Waals surface area contributed by atoms with Crippen LogP contribution in [0.25, 0.3) is 0 Å². The Morgan fingerprint density at radius 2 is 1.83 bits per heavy atom. The molecule has 0 aliphatic carbocycles. The van der Waals surface area contributed by atoms with Crippen LogP contribution in [0.5, 0.6) is 0 Å². The molecule has 0 unspecified atom stereocenters. The highest BCUT2D eigenvalue weighted by molar-refractivity contribution is 5.91. The minimum absolute atomic E-state index is 0.168. The maximum Gasteiger partial charge on any atom is 0.275 e. The van der Waals surface area contributed by atoms with E-state index in [1.807, 2.05) is 19.1 Å². The zero-order chi connectivity index (χ0) is 20.9. The van der Waals surface area contributed by atoms with Crippen LogP contribution in [-0.4, -0.2) is 69.0 Å². The number of aromatic nitrogens is 3. The Labute approximate surface area is 176 Å². The Balaban J connectivity index is 1.26. The van der Waals surface area contributed by atoms with Gasteiger partial charge in [-0.05, 0) is 18.6 Å². The van der Waals surface area contributed by atoms with Gasteiger partial charge in [0, 0.05) is 45.5 Å². The number of aromatic amines is 1. The number of oxazole rings is 1. The number of nitrogens with one attached hydrogen (secondary N) is 1. The van der Waals surface area contributed by atoms with Crippen LogP contribution >= 0.6 is 0 Å². The molecule has 8 heteroatoms. The van der Waals surface area contributed by atoms with Crippen LogP contribution in [0, 0.1) is 6.92 Å². The molecule has 0 bridgehead atoms. The lowest BCUT2D eigenvalue weighted by Gasteiger charge is -2.34. The van der Waals surface area contributed by atoms with Crippen molar-refractivity contribution >= 4 is 5.91 Å². The van der Waals surface area contributed by atoms with Crippen molar-refractivity contribution < 1.29 is 9.21 Å². The average molecular weight is 409 g/mol. The van der Waals surface area contributed by atoms with Crippen molar-refractivity contribution in [1.82, 2.24) is 29.9 Å². The molecule has 0 spiro atoms. The lowest BCUT2D eigenvalue weighted by molar-refractivity contribution is 0.0777. The molecule has 1 aliphatic heterocycles. The first-order chi connectivity index (χ1) is 14.6. The van der Waals surface area contributed by atoms with E-state index >= 15 is 0 Å². The molecule has 1 saturated heterocycles. The largest absolute Gasteiger partial charge is 0.447 e. The van der Waals surface area contributed by atoms with Gasteiger partial charge >= 0.3 is 0 Å². The lowest BCUT2D eigenvalue weighted by atomic mass is 10.2. The van der Waals surface area contributed by atoms with E-state index in [1.165, 1.54) is 11.8 Å². The van der Waals surface area contributed by atoms with Gasteiger partial charge in [-0.15, -0.1) is 0 Å². The molecule has 1 aromatic carbocycles. The summed E-state index contributed by atoms with van der Waals surface area (Å²) in [5, 5.41) is 7.06. The van der Waals surface area contributed by atoms with E-state index in [9.17, 15) is 4.79 Å². The molecule has 1 N–H and O–H groups in total. The van der Waals surface area contributed by atoms with Gasteiger partial charge in [0.1, 0.15) is 6.26 Å². The van der Waals surface area contributed by atoms with E-state index in [0.29, 0.717) is 24.7 Å². The van der Waals surface area contributed by atoms with Gasteiger partial charge in [-0.1, -0.05) is 30.3 Å². The van der Waals surface area contributed by atoms with Crippen molar-refractivity contribution in [2.24, 2.45) is 0 Å². The summed E-state index contributed by atoms with van der Waals surface area (Å²) in [6.07, 6.45) is 1.45. The summed E-state index contributed by atoms with van der Waals surface area (Å²) in [4.78, 5) is 23.4. The monoisotopic (exact) mass is 408 g/mol. The topological polar surface area (TPSA) is 81.5 Å². The molecule has 30 heavy (non-hydrogen) atoms. The Hall–Kier alpha value is -2.97. The van der Waals surface area contributed by atoms with Crippen molar-refractivity contribution in [3.8, 4) is 0 Å². The molecule has 3 aromatic rings.